The molecule has 1 aliphatic carbocycles. The van der Waals surface area contributed by atoms with Gasteiger partial charge in [0.25, 0.3) is 5.69 Å². The van der Waals surface area contributed by atoms with Crippen molar-refractivity contribution in [3.05, 3.63) is 51.3 Å². The average Bonchev–Trinajstić information content (AvgIpc) is 2.72. The maximum absolute atomic E-state index is 12.7. The predicted octanol–water partition coefficient (Wildman–Crippen LogP) is 3.66. The van der Waals surface area contributed by atoms with Crippen molar-refractivity contribution >= 4 is 24.9 Å². The summed E-state index contributed by atoms with van der Waals surface area (Å²) in [6, 6.07) is 5.88. The van der Waals surface area contributed by atoms with E-state index in [2.05, 4.69) is 4.98 Å². The molecule has 2 aliphatic rings. The van der Waals surface area contributed by atoms with Crippen molar-refractivity contribution < 1.29 is 28.4 Å². The first kappa shape index (κ1) is 21.8. The van der Waals surface area contributed by atoms with Gasteiger partial charge in [0.1, 0.15) is 13.2 Å². The minimum absolute atomic E-state index is 0.0743. The second-order valence-electron chi connectivity index (χ2n) is 8.10. The first-order valence-corrected chi connectivity index (χ1v) is 11.5. The number of pyridine rings is 1. The Balaban J connectivity index is 1.94. The largest absolute Gasteiger partial charge is 0.465 e. The smallest absolute Gasteiger partial charge is 0.448 e. The summed E-state index contributed by atoms with van der Waals surface area (Å²) in [6.45, 7) is 4.06. The second kappa shape index (κ2) is 7.91. The third-order valence-corrected chi connectivity index (χ3v) is 8.12. The number of carbonyl (C=O) groups excluding carboxylic acids is 1. The third-order valence-electron chi connectivity index (χ3n) is 6.05. The van der Waals surface area contributed by atoms with Crippen molar-refractivity contribution in [2.75, 3.05) is 20.3 Å². The number of hydrogen-bond acceptors (Lipinski definition) is 8. The van der Waals surface area contributed by atoms with E-state index in [-0.39, 0.29) is 22.0 Å². The van der Waals surface area contributed by atoms with Crippen molar-refractivity contribution in [2.24, 2.45) is 5.41 Å². The molecule has 0 radical (unpaired) electrons. The minimum Gasteiger partial charge on any atom is -0.465 e. The molecule has 10 heteroatoms. The van der Waals surface area contributed by atoms with Crippen LogP contribution in [0.3, 0.4) is 0 Å². The summed E-state index contributed by atoms with van der Waals surface area (Å²) in [5.74, 6) is -0.660. The van der Waals surface area contributed by atoms with Crippen LogP contribution in [0.25, 0.3) is 11.1 Å². The Hall–Kier alpha value is -2.45. The Morgan fingerprint density at radius 1 is 1.26 bits per heavy atom. The maximum Gasteiger partial charge on any atom is 0.448 e. The van der Waals surface area contributed by atoms with Gasteiger partial charge < -0.3 is 4.74 Å². The van der Waals surface area contributed by atoms with Gasteiger partial charge in [-0.1, -0.05) is 18.6 Å². The number of aryl methyl sites for hydroxylation is 2. The van der Waals surface area contributed by atoms with Crippen LogP contribution in [0, 0.1) is 29.4 Å². The molecule has 2 fully saturated rings. The van der Waals surface area contributed by atoms with Crippen molar-refractivity contribution in [1.29, 1.82) is 0 Å². The van der Waals surface area contributed by atoms with Gasteiger partial charge in [0.2, 0.25) is 5.30 Å². The topological polar surface area (TPSA) is 121 Å². The van der Waals surface area contributed by atoms with Gasteiger partial charge in [0.05, 0.1) is 34.5 Å². The van der Waals surface area contributed by atoms with Crippen molar-refractivity contribution in [3.63, 3.8) is 0 Å². The van der Waals surface area contributed by atoms with Crippen LogP contribution in [-0.4, -0.2) is 41.1 Å². The molecule has 2 aromatic rings. The van der Waals surface area contributed by atoms with Crippen molar-refractivity contribution in [3.8, 4) is 11.1 Å². The second-order valence-corrected chi connectivity index (χ2v) is 10.1. The van der Waals surface area contributed by atoms with Gasteiger partial charge in [-0.15, -0.1) is 0 Å². The normalized spacial score (nSPS) is 19.0. The molecule has 2 heterocycles. The Labute approximate surface area is 180 Å². The van der Waals surface area contributed by atoms with Crippen LogP contribution in [0.1, 0.15) is 41.0 Å². The molecular formula is C21H24N2O7P+. The van der Waals surface area contributed by atoms with Gasteiger partial charge in [-0.3, -0.25) is 15.1 Å². The lowest BCUT2D eigenvalue weighted by Gasteiger charge is -2.43. The standard InChI is InChI=1S/C21H24N2O7P/c1-13-17(20(24)28-3)18(15-6-4-7-16(10-15)23(25)26)19(14(2)22-13)31(27)29-11-21(12-30-31)8-5-9-21/h4,6-7,10,27H,5,8-9,11-12H2,1-3H3/q+1. The lowest BCUT2D eigenvalue weighted by atomic mass is 9.70. The summed E-state index contributed by atoms with van der Waals surface area (Å²) in [5, 5.41) is 11.6. The number of nitro groups is 1. The van der Waals surface area contributed by atoms with E-state index in [1.807, 2.05) is 0 Å². The number of hydrogen-bond donors (Lipinski definition) is 1. The molecule has 0 bridgehead atoms. The van der Waals surface area contributed by atoms with Crippen LogP contribution in [0.5, 0.6) is 0 Å². The molecule has 9 nitrogen and oxygen atoms in total. The van der Waals surface area contributed by atoms with E-state index in [0.717, 1.165) is 19.3 Å². The number of non-ortho nitro benzene ring substituents is 1. The number of ether oxygens (including phenoxy) is 1. The van der Waals surface area contributed by atoms with Gasteiger partial charge in [0, 0.05) is 17.5 Å². The molecule has 164 valence electrons. The molecule has 1 aromatic heterocycles. The number of methoxy groups -OCH3 is 1. The lowest BCUT2D eigenvalue weighted by molar-refractivity contribution is -0.384. The Bertz CT molecular complexity index is 1060. The average molecular weight is 447 g/mol. The van der Waals surface area contributed by atoms with Crippen LogP contribution >= 0.6 is 7.94 Å². The highest BCUT2D eigenvalue weighted by atomic mass is 31.2. The van der Waals surface area contributed by atoms with E-state index < -0.39 is 18.8 Å². The van der Waals surface area contributed by atoms with Crippen molar-refractivity contribution in [2.45, 2.75) is 33.1 Å². The van der Waals surface area contributed by atoms with E-state index in [1.165, 1.54) is 25.3 Å². The highest BCUT2D eigenvalue weighted by molar-refractivity contribution is 7.69. The SMILES string of the molecule is COC(=O)c1c(C)nc(C)c([P+]2(O)OCC3(CCC3)CO2)c1-c1cccc([N+](=O)[O-])c1. The maximum atomic E-state index is 12.7. The zero-order valence-corrected chi connectivity index (χ0v) is 18.5. The van der Waals surface area contributed by atoms with Gasteiger partial charge in [0.15, 0.2) is 0 Å². The zero-order chi connectivity index (χ0) is 22.4. The molecule has 1 saturated heterocycles. The molecule has 1 spiro atoms. The van der Waals surface area contributed by atoms with E-state index in [4.69, 9.17) is 13.8 Å². The highest BCUT2D eigenvalue weighted by Crippen LogP contribution is 2.64. The first-order chi connectivity index (χ1) is 14.7. The molecule has 4 rings (SSSR count). The molecule has 1 saturated carbocycles. The Morgan fingerprint density at radius 2 is 1.94 bits per heavy atom. The van der Waals surface area contributed by atoms with Crippen LogP contribution in [-0.2, 0) is 13.8 Å². The van der Waals surface area contributed by atoms with Gasteiger partial charge in [-0.25, -0.2) is 4.79 Å². The van der Waals surface area contributed by atoms with Gasteiger partial charge in [-0.05, 0) is 32.3 Å². The molecule has 1 aliphatic heterocycles. The van der Waals surface area contributed by atoms with Crippen LogP contribution in [0.2, 0.25) is 0 Å². The molecule has 0 atom stereocenters. The highest BCUT2D eigenvalue weighted by Gasteiger charge is 2.58. The molecule has 0 unspecified atom stereocenters. The number of esters is 1. The fourth-order valence-electron chi connectivity index (χ4n) is 4.22. The number of nitro benzene ring substituents is 1. The molecular weight excluding hydrogens is 423 g/mol. The lowest BCUT2D eigenvalue weighted by Crippen LogP contribution is -2.44. The monoisotopic (exact) mass is 447 g/mol. The number of benzene rings is 1. The summed E-state index contributed by atoms with van der Waals surface area (Å²) in [7, 11) is -2.35. The summed E-state index contributed by atoms with van der Waals surface area (Å²) >= 11 is 0. The summed E-state index contributed by atoms with van der Waals surface area (Å²) < 4.78 is 16.9. The summed E-state index contributed by atoms with van der Waals surface area (Å²) in [6.07, 6.45) is 3.05. The van der Waals surface area contributed by atoms with Gasteiger partial charge in [-0.2, -0.15) is 13.9 Å². The van der Waals surface area contributed by atoms with E-state index in [0.29, 0.717) is 35.7 Å². The van der Waals surface area contributed by atoms with E-state index >= 15 is 0 Å². The Kier molecular flexibility index (Phi) is 5.55. The first-order valence-electron chi connectivity index (χ1n) is 9.95. The molecule has 0 amide bonds. The van der Waals surface area contributed by atoms with Crippen molar-refractivity contribution in [1.82, 2.24) is 4.98 Å². The third kappa shape index (κ3) is 3.72. The Morgan fingerprint density at radius 3 is 2.48 bits per heavy atom. The fourth-order valence-corrected chi connectivity index (χ4v) is 6.43. The molecule has 31 heavy (non-hydrogen) atoms. The zero-order valence-electron chi connectivity index (χ0n) is 17.6. The number of nitrogens with zero attached hydrogens (tertiary/aromatic N) is 2. The summed E-state index contributed by atoms with van der Waals surface area (Å²) in [4.78, 5) is 39.5. The number of carbonyl (C=O) groups is 1. The van der Waals surface area contributed by atoms with Gasteiger partial charge >= 0.3 is 13.9 Å². The number of aromatic nitrogens is 1. The minimum atomic E-state index is -3.59. The van der Waals surface area contributed by atoms with Crippen LogP contribution in [0.4, 0.5) is 5.69 Å². The van der Waals surface area contributed by atoms with E-state index in [9.17, 15) is 19.8 Å². The fraction of sp³-hybridized carbons (Fsp3) is 0.429. The van der Waals surface area contributed by atoms with Crippen LogP contribution < -0.4 is 5.30 Å². The number of rotatable bonds is 4. The predicted molar refractivity (Wildman–Crippen MR) is 114 cm³/mol. The molecule has 1 N–H and O–H groups in total. The quantitative estimate of drug-likeness (QED) is 0.326. The van der Waals surface area contributed by atoms with Crippen LogP contribution in [0.15, 0.2) is 24.3 Å². The molecule has 1 aromatic carbocycles. The summed E-state index contributed by atoms with van der Waals surface area (Å²) in [5.41, 5.74) is 1.39. The van der Waals surface area contributed by atoms with E-state index in [1.54, 1.807) is 19.9 Å².